The van der Waals surface area contributed by atoms with E-state index in [9.17, 15) is 4.79 Å². The van der Waals surface area contributed by atoms with Gasteiger partial charge in [0.1, 0.15) is 0 Å². The van der Waals surface area contributed by atoms with E-state index in [0.29, 0.717) is 17.5 Å². The SMILES string of the molecule is CN(C(=O)Cc1cccc(Cl)c1)C1CCCNCC1.Cl. The summed E-state index contributed by atoms with van der Waals surface area (Å²) in [6, 6.07) is 7.90. The maximum atomic E-state index is 12.3. The minimum Gasteiger partial charge on any atom is -0.342 e. The Morgan fingerprint density at radius 1 is 1.40 bits per heavy atom. The Morgan fingerprint density at radius 2 is 2.20 bits per heavy atom. The molecule has 1 fully saturated rings. The van der Waals surface area contributed by atoms with Gasteiger partial charge in [-0.25, -0.2) is 0 Å². The fraction of sp³-hybridized carbons (Fsp3) is 0.533. The maximum absolute atomic E-state index is 12.3. The molecule has 0 aliphatic carbocycles. The first-order chi connectivity index (χ1) is 9.16. The first kappa shape index (κ1) is 17.3. The number of nitrogens with one attached hydrogen (secondary N) is 1. The van der Waals surface area contributed by atoms with E-state index in [2.05, 4.69) is 5.32 Å². The number of carbonyl (C=O) groups excluding carboxylic acids is 1. The molecule has 112 valence electrons. The third-order valence-corrected chi connectivity index (χ3v) is 3.97. The number of halogens is 2. The van der Waals surface area contributed by atoms with E-state index >= 15 is 0 Å². The number of benzene rings is 1. The number of likely N-dealkylation sites (N-methyl/N-ethyl adjacent to an activating group) is 1. The second-order valence-electron chi connectivity index (χ2n) is 5.15. The Bertz CT molecular complexity index is 432. The number of carbonyl (C=O) groups is 1. The maximum Gasteiger partial charge on any atom is 0.226 e. The van der Waals surface area contributed by atoms with Crippen LogP contribution in [0.5, 0.6) is 0 Å². The van der Waals surface area contributed by atoms with Crippen molar-refractivity contribution >= 4 is 29.9 Å². The van der Waals surface area contributed by atoms with Crippen LogP contribution in [0.2, 0.25) is 5.02 Å². The molecule has 0 spiro atoms. The minimum atomic E-state index is 0. The molecule has 2 rings (SSSR count). The standard InChI is InChI=1S/C15H21ClN2O.ClH/c1-18(14-6-3-8-17-9-7-14)15(19)11-12-4-2-5-13(16)10-12;/h2,4-5,10,14,17H,3,6-9,11H2,1H3;1H. The lowest BCUT2D eigenvalue weighted by molar-refractivity contribution is -0.131. The third-order valence-electron chi connectivity index (χ3n) is 3.73. The largest absolute Gasteiger partial charge is 0.342 e. The predicted octanol–water partition coefficient (Wildman–Crippen LogP) is 2.90. The Balaban J connectivity index is 0.00000200. The molecule has 1 N–H and O–H groups in total. The van der Waals surface area contributed by atoms with Crippen molar-refractivity contribution in [2.24, 2.45) is 0 Å². The zero-order valence-corrected chi connectivity index (χ0v) is 13.3. The van der Waals surface area contributed by atoms with Gasteiger partial charge in [-0.1, -0.05) is 23.7 Å². The summed E-state index contributed by atoms with van der Waals surface area (Å²) in [5, 5.41) is 4.06. The van der Waals surface area contributed by atoms with E-state index < -0.39 is 0 Å². The van der Waals surface area contributed by atoms with Crippen LogP contribution in [0.1, 0.15) is 24.8 Å². The monoisotopic (exact) mass is 316 g/mol. The molecular weight excluding hydrogens is 295 g/mol. The van der Waals surface area contributed by atoms with Gasteiger partial charge in [-0.2, -0.15) is 0 Å². The lowest BCUT2D eigenvalue weighted by Crippen LogP contribution is -2.38. The van der Waals surface area contributed by atoms with Gasteiger partial charge in [-0.3, -0.25) is 4.79 Å². The number of hydrogen-bond donors (Lipinski definition) is 1. The smallest absolute Gasteiger partial charge is 0.226 e. The summed E-state index contributed by atoms with van der Waals surface area (Å²) in [6.07, 6.45) is 3.70. The average Bonchev–Trinajstić information content (AvgIpc) is 2.66. The first-order valence-electron chi connectivity index (χ1n) is 6.87. The van der Waals surface area contributed by atoms with Gasteiger partial charge in [-0.15, -0.1) is 12.4 Å². The van der Waals surface area contributed by atoms with Crippen molar-refractivity contribution in [1.82, 2.24) is 10.2 Å². The highest BCUT2D eigenvalue weighted by Gasteiger charge is 2.20. The van der Waals surface area contributed by atoms with Gasteiger partial charge in [0.15, 0.2) is 0 Å². The van der Waals surface area contributed by atoms with E-state index in [1.807, 2.05) is 36.2 Å². The van der Waals surface area contributed by atoms with Crippen LogP contribution in [-0.2, 0) is 11.2 Å². The summed E-state index contributed by atoms with van der Waals surface area (Å²) < 4.78 is 0. The normalized spacial score (nSPS) is 18.8. The zero-order chi connectivity index (χ0) is 13.7. The quantitative estimate of drug-likeness (QED) is 0.930. The highest BCUT2D eigenvalue weighted by molar-refractivity contribution is 6.30. The summed E-state index contributed by atoms with van der Waals surface area (Å²) in [4.78, 5) is 14.2. The Morgan fingerprint density at radius 3 is 2.95 bits per heavy atom. The highest BCUT2D eigenvalue weighted by Crippen LogP contribution is 2.15. The molecule has 1 amide bonds. The Labute approximate surface area is 132 Å². The van der Waals surface area contributed by atoms with Crippen molar-refractivity contribution in [2.45, 2.75) is 31.7 Å². The van der Waals surface area contributed by atoms with Gasteiger partial charge in [0, 0.05) is 18.1 Å². The lowest BCUT2D eigenvalue weighted by Gasteiger charge is -2.27. The molecule has 0 bridgehead atoms. The van der Waals surface area contributed by atoms with Gasteiger partial charge >= 0.3 is 0 Å². The summed E-state index contributed by atoms with van der Waals surface area (Å²) in [5.41, 5.74) is 0.982. The fourth-order valence-corrected chi connectivity index (χ4v) is 2.75. The van der Waals surface area contributed by atoms with E-state index in [4.69, 9.17) is 11.6 Å². The van der Waals surface area contributed by atoms with Gasteiger partial charge in [-0.05, 0) is 50.0 Å². The highest BCUT2D eigenvalue weighted by atomic mass is 35.5. The molecule has 20 heavy (non-hydrogen) atoms. The molecule has 0 aromatic heterocycles. The molecule has 1 aromatic rings. The molecule has 1 aromatic carbocycles. The summed E-state index contributed by atoms with van der Waals surface area (Å²) in [7, 11) is 1.92. The Kier molecular flexibility index (Phi) is 7.35. The molecule has 0 saturated carbocycles. The average molecular weight is 317 g/mol. The second-order valence-corrected chi connectivity index (χ2v) is 5.58. The molecule has 1 atom stereocenters. The molecule has 3 nitrogen and oxygen atoms in total. The van der Waals surface area contributed by atoms with Crippen LogP contribution < -0.4 is 5.32 Å². The van der Waals surface area contributed by atoms with Crippen molar-refractivity contribution in [3.63, 3.8) is 0 Å². The lowest BCUT2D eigenvalue weighted by atomic mass is 10.1. The number of hydrogen-bond acceptors (Lipinski definition) is 2. The molecule has 1 aliphatic heterocycles. The van der Waals surface area contributed by atoms with Crippen LogP contribution in [0.4, 0.5) is 0 Å². The van der Waals surface area contributed by atoms with Crippen molar-refractivity contribution in [1.29, 1.82) is 0 Å². The van der Waals surface area contributed by atoms with Crippen LogP contribution in [0.25, 0.3) is 0 Å². The summed E-state index contributed by atoms with van der Waals surface area (Å²) in [5.74, 6) is 0.175. The van der Waals surface area contributed by atoms with Gasteiger partial charge in [0.2, 0.25) is 5.91 Å². The molecule has 0 radical (unpaired) electrons. The first-order valence-corrected chi connectivity index (χ1v) is 7.25. The third kappa shape index (κ3) is 4.97. The van der Waals surface area contributed by atoms with Crippen LogP contribution in [-0.4, -0.2) is 37.0 Å². The molecule has 1 unspecified atom stereocenters. The summed E-state index contributed by atoms with van der Waals surface area (Å²) in [6.45, 7) is 2.06. The van der Waals surface area contributed by atoms with E-state index in [-0.39, 0.29) is 18.3 Å². The van der Waals surface area contributed by atoms with Crippen molar-refractivity contribution < 1.29 is 4.79 Å². The zero-order valence-electron chi connectivity index (χ0n) is 11.8. The predicted molar refractivity (Wildman–Crippen MR) is 85.7 cm³/mol. The van der Waals surface area contributed by atoms with E-state index in [1.54, 1.807) is 0 Å². The van der Waals surface area contributed by atoms with Gasteiger partial charge < -0.3 is 10.2 Å². The van der Waals surface area contributed by atoms with Crippen LogP contribution in [0, 0.1) is 0 Å². The van der Waals surface area contributed by atoms with Crippen LogP contribution in [0.3, 0.4) is 0 Å². The van der Waals surface area contributed by atoms with Gasteiger partial charge in [0.25, 0.3) is 0 Å². The minimum absolute atomic E-state index is 0. The molecule has 5 heteroatoms. The number of rotatable bonds is 3. The van der Waals surface area contributed by atoms with Gasteiger partial charge in [0.05, 0.1) is 6.42 Å². The molecule has 1 saturated heterocycles. The van der Waals surface area contributed by atoms with E-state index in [1.165, 1.54) is 0 Å². The van der Waals surface area contributed by atoms with E-state index in [0.717, 1.165) is 37.9 Å². The Hall–Kier alpha value is -0.770. The van der Waals surface area contributed by atoms with Crippen molar-refractivity contribution in [3.8, 4) is 0 Å². The van der Waals surface area contributed by atoms with Crippen molar-refractivity contribution in [3.05, 3.63) is 34.9 Å². The topological polar surface area (TPSA) is 32.3 Å². The molecular formula is C15H22Cl2N2O. The fourth-order valence-electron chi connectivity index (χ4n) is 2.54. The summed E-state index contributed by atoms with van der Waals surface area (Å²) >= 11 is 5.94. The van der Waals surface area contributed by atoms with Crippen LogP contribution in [0.15, 0.2) is 24.3 Å². The molecule has 1 aliphatic rings. The van der Waals surface area contributed by atoms with Crippen LogP contribution >= 0.6 is 24.0 Å². The number of amides is 1. The molecule has 1 heterocycles. The van der Waals surface area contributed by atoms with Crippen molar-refractivity contribution in [2.75, 3.05) is 20.1 Å². The second kappa shape index (κ2) is 8.50. The number of nitrogens with zero attached hydrogens (tertiary/aromatic N) is 1.